The molecule has 2 heterocycles. The Hall–Kier alpha value is -1.91. The van der Waals surface area contributed by atoms with Crippen LogP contribution in [-0.4, -0.2) is 27.0 Å². The number of hydrogen-bond acceptors (Lipinski definition) is 6. The Labute approximate surface area is 190 Å². The largest absolute Gasteiger partial charge is 0.325 e. The highest BCUT2D eigenvalue weighted by atomic mass is 32.2. The van der Waals surface area contributed by atoms with Gasteiger partial charge in [0.05, 0.1) is 11.1 Å². The molecule has 1 N–H and O–H groups in total. The molecule has 0 aliphatic heterocycles. The molecule has 0 saturated carbocycles. The molecule has 0 unspecified atom stereocenters. The van der Waals surface area contributed by atoms with E-state index in [9.17, 15) is 18.4 Å². The van der Waals surface area contributed by atoms with Gasteiger partial charge in [-0.15, -0.1) is 11.3 Å². The quantitative estimate of drug-likeness (QED) is 0.362. The third kappa shape index (κ3) is 4.96. The van der Waals surface area contributed by atoms with Crippen LogP contribution >= 0.6 is 34.9 Å². The van der Waals surface area contributed by atoms with Crippen molar-refractivity contribution in [2.75, 3.05) is 11.1 Å². The number of thioether (sulfide) groups is 2. The van der Waals surface area contributed by atoms with Gasteiger partial charge in [0.25, 0.3) is 11.3 Å². The fourth-order valence-electron chi connectivity index (χ4n) is 3.66. The number of anilines is 1. The van der Waals surface area contributed by atoms with Gasteiger partial charge in [-0.05, 0) is 62.4 Å². The summed E-state index contributed by atoms with van der Waals surface area (Å²) in [6.45, 7) is 2.39. The Bertz CT molecular complexity index is 1160. The minimum atomic E-state index is -2.48. The zero-order valence-corrected chi connectivity index (χ0v) is 19.3. The number of aromatic nitrogens is 2. The molecule has 2 aromatic heterocycles. The number of alkyl halides is 2. The second-order valence-corrected chi connectivity index (χ2v) is 10.2. The third-order valence-corrected chi connectivity index (χ3v) is 7.94. The van der Waals surface area contributed by atoms with Gasteiger partial charge in [0.1, 0.15) is 4.83 Å². The van der Waals surface area contributed by atoms with Crippen molar-refractivity contribution in [1.29, 1.82) is 0 Å². The maximum absolute atomic E-state index is 13.1. The highest BCUT2D eigenvalue weighted by molar-refractivity contribution is 8.00. The monoisotopic (exact) mass is 481 g/mol. The average Bonchev–Trinajstić information content (AvgIpc) is 3.12. The van der Waals surface area contributed by atoms with Crippen LogP contribution in [-0.2, 0) is 24.2 Å². The first-order chi connectivity index (χ1) is 15.0. The van der Waals surface area contributed by atoms with Crippen molar-refractivity contribution in [2.45, 2.75) is 55.0 Å². The highest BCUT2D eigenvalue weighted by Gasteiger charge is 2.22. The highest BCUT2D eigenvalue weighted by Crippen LogP contribution is 2.34. The normalized spacial score (nSPS) is 13.5. The first kappa shape index (κ1) is 22.3. The summed E-state index contributed by atoms with van der Waals surface area (Å²) in [5.74, 6) is -2.63. The molecule has 0 fully saturated rings. The van der Waals surface area contributed by atoms with Crippen LogP contribution in [0.1, 0.15) is 30.2 Å². The number of carbonyl (C=O) groups is 1. The minimum Gasteiger partial charge on any atom is -0.325 e. The Morgan fingerprint density at radius 3 is 2.71 bits per heavy atom. The Balaban J connectivity index is 1.48. The van der Waals surface area contributed by atoms with Gasteiger partial charge in [-0.2, -0.15) is 8.78 Å². The summed E-state index contributed by atoms with van der Waals surface area (Å²) in [7, 11) is 0. The number of fused-ring (bicyclic) bond motifs is 3. The number of aryl methyl sites for hydroxylation is 2. The smallest absolute Gasteiger partial charge is 0.288 e. The van der Waals surface area contributed by atoms with Gasteiger partial charge in [0.2, 0.25) is 5.91 Å². The number of nitrogens with zero attached hydrogens (tertiary/aromatic N) is 2. The maximum atomic E-state index is 13.1. The zero-order chi connectivity index (χ0) is 22.0. The van der Waals surface area contributed by atoms with Crippen LogP contribution in [0.15, 0.2) is 39.1 Å². The summed E-state index contributed by atoms with van der Waals surface area (Å²) in [6.07, 6.45) is 4.18. The fourth-order valence-corrected chi connectivity index (χ4v) is 6.32. The van der Waals surface area contributed by atoms with E-state index in [2.05, 4.69) is 5.32 Å². The van der Waals surface area contributed by atoms with E-state index in [1.165, 1.54) is 16.6 Å². The van der Waals surface area contributed by atoms with Crippen LogP contribution in [0.3, 0.4) is 0 Å². The summed E-state index contributed by atoms with van der Waals surface area (Å²) in [4.78, 5) is 32.7. The minimum absolute atomic E-state index is 0.0260. The Kier molecular flexibility index (Phi) is 6.98. The molecule has 0 radical (unpaired) electrons. The van der Waals surface area contributed by atoms with Crippen molar-refractivity contribution in [2.24, 2.45) is 0 Å². The summed E-state index contributed by atoms with van der Waals surface area (Å²) in [5, 5.41) is 4.04. The van der Waals surface area contributed by atoms with Crippen LogP contribution in [0.4, 0.5) is 14.5 Å². The number of thiophene rings is 1. The predicted molar refractivity (Wildman–Crippen MR) is 124 cm³/mol. The molecule has 31 heavy (non-hydrogen) atoms. The second kappa shape index (κ2) is 9.70. The fraction of sp³-hybridized carbons (Fsp3) is 0.381. The lowest BCUT2D eigenvalue weighted by Crippen LogP contribution is -2.24. The molecule has 1 amide bonds. The molecular weight excluding hydrogens is 460 g/mol. The molecule has 0 spiro atoms. The first-order valence-electron chi connectivity index (χ1n) is 9.99. The van der Waals surface area contributed by atoms with Crippen molar-refractivity contribution in [3.63, 3.8) is 0 Å². The number of hydrogen-bond donors (Lipinski definition) is 1. The molecule has 164 valence electrons. The van der Waals surface area contributed by atoms with Crippen molar-refractivity contribution in [3.8, 4) is 0 Å². The van der Waals surface area contributed by atoms with Gasteiger partial charge in [-0.1, -0.05) is 23.5 Å². The SMILES string of the molecule is CCn1c(SCC(=O)Nc2ccc(SC(F)F)cc2)nc2sc3c(c2c1=O)CCCC3. The lowest BCUT2D eigenvalue weighted by molar-refractivity contribution is -0.113. The van der Waals surface area contributed by atoms with Crippen molar-refractivity contribution in [3.05, 3.63) is 45.1 Å². The molecule has 0 bridgehead atoms. The Morgan fingerprint density at radius 1 is 1.26 bits per heavy atom. The summed E-state index contributed by atoms with van der Waals surface area (Å²) in [5.41, 5.74) is 1.67. The van der Waals surface area contributed by atoms with Crippen molar-refractivity contribution < 1.29 is 13.6 Å². The molecule has 0 atom stereocenters. The molecule has 4 rings (SSSR count). The number of rotatable bonds is 7. The molecule has 5 nitrogen and oxygen atoms in total. The van der Waals surface area contributed by atoms with E-state index >= 15 is 0 Å². The Morgan fingerprint density at radius 2 is 2.00 bits per heavy atom. The number of carbonyl (C=O) groups excluding carboxylic acids is 1. The number of benzene rings is 1. The van der Waals surface area contributed by atoms with E-state index in [-0.39, 0.29) is 17.2 Å². The van der Waals surface area contributed by atoms with Gasteiger partial charge in [-0.25, -0.2) is 4.98 Å². The molecule has 1 aliphatic carbocycles. The van der Waals surface area contributed by atoms with Gasteiger partial charge < -0.3 is 5.32 Å². The molecule has 1 aliphatic rings. The maximum Gasteiger partial charge on any atom is 0.288 e. The average molecular weight is 482 g/mol. The van der Waals surface area contributed by atoms with Gasteiger partial charge >= 0.3 is 0 Å². The molecule has 3 aromatic rings. The van der Waals surface area contributed by atoms with Crippen LogP contribution in [0.5, 0.6) is 0 Å². The number of halogens is 2. The van der Waals surface area contributed by atoms with Crippen molar-refractivity contribution in [1.82, 2.24) is 9.55 Å². The van der Waals surface area contributed by atoms with Crippen LogP contribution < -0.4 is 10.9 Å². The zero-order valence-electron chi connectivity index (χ0n) is 16.8. The summed E-state index contributed by atoms with van der Waals surface area (Å²) in [6, 6.07) is 6.27. The second-order valence-electron chi connectivity index (χ2n) is 7.07. The molecule has 10 heteroatoms. The van der Waals surface area contributed by atoms with E-state index in [0.29, 0.717) is 34.0 Å². The van der Waals surface area contributed by atoms with Gasteiger partial charge in [0.15, 0.2) is 5.16 Å². The molecule has 0 saturated heterocycles. The molecule has 1 aromatic carbocycles. The van der Waals surface area contributed by atoms with E-state index < -0.39 is 5.76 Å². The number of nitrogens with one attached hydrogen (secondary N) is 1. The lowest BCUT2D eigenvalue weighted by atomic mass is 9.97. The van der Waals surface area contributed by atoms with E-state index in [4.69, 9.17) is 4.98 Å². The van der Waals surface area contributed by atoms with E-state index in [1.807, 2.05) is 6.92 Å². The lowest BCUT2D eigenvalue weighted by Gasteiger charge is -2.12. The van der Waals surface area contributed by atoms with Crippen LogP contribution in [0.25, 0.3) is 10.2 Å². The summed E-state index contributed by atoms with van der Waals surface area (Å²) >= 11 is 3.28. The van der Waals surface area contributed by atoms with Crippen molar-refractivity contribution >= 4 is 56.7 Å². The predicted octanol–water partition coefficient (Wildman–Crippen LogP) is 5.40. The first-order valence-corrected chi connectivity index (χ1v) is 12.7. The van der Waals surface area contributed by atoms with E-state index in [1.54, 1.807) is 40.2 Å². The standard InChI is InChI=1S/C21H21F2N3O2S3/c1-2-26-19(28)17-14-5-3-4-6-15(14)31-18(17)25-21(26)29-11-16(27)24-12-7-9-13(10-8-12)30-20(22)23/h7-10,20H,2-6,11H2,1H3,(H,24,27). The number of amides is 1. The molecular formula is C21H21F2N3O2S3. The third-order valence-electron chi connectivity index (χ3n) is 5.05. The van der Waals surface area contributed by atoms with Crippen LogP contribution in [0, 0.1) is 0 Å². The van der Waals surface area contributed by atoms with Gasteiger partial charge in [0, 0.05) is 22.0 Å². The van der Waals surface area contributed by atoms with Crippen LogP contribution in [0.2, 0.25) is 0 Å². The van der Waals surface area contributed by atoms with Gasteiger partial charge in [-0.3, -0.25) is 14.2 Å². The summed E-state index contributed by atoms with van der Waals surface area (Å²) < 4.78 is 26.5. The topological polar surface area (TPSA) is 64.0 Å². The van der Waals surface area contributed by atoms with E-state index in [0.717, 1.165) is 41.5 Å².